The summed E-state index contributed by atoms with van der Waals surface area (Å²) in [5.41, 5.74) is 7.41. The predicted molar refractivity (Wildman–Crippen MR) is 79.8 cm³/mol. The maximum Gasteiger partial charge on any atom is 0.326 e. The monoisotopic (exact) mass is 289 g/mol. The van der Waals surface area contributed by atoms with E-state index in [1.807, 2.05) is 24.3 Å². The molecule has 1 amide bonds. The van der Waals surface area contributed by atoms with Gasteiger partial charge in [-0.25, -0.2) is 4.79 Å². The van der Waals surface area contributed by atoms with E-state index in [0.717, 1.165) is 16.5 Å². The molecule has 0 radical (unpaired) electrons. The summed E-state index contributed by atoms with van der Waals surface area (Å²) in [4.78, 5) is 26.2. The topological polar surface area (TPSA) is 108 Å². The fourth-order valence-electron chi connectivity index (χ4n) is 2.18. The number of carbonyl (C=O) groups is 2. The summed E-state index contributed by atoms with van der Waals surface area (Å²) in [6, 6.07) is 5.95. The number of carbonyl (C=O) groups excluding carboxylic acids is 1. The van der Waals surface area contributed by atoms with Crippen LogP contribution < -0.4 is 11.1 Å². The summed E-state index contributed by atoms with van der Waals surface area (Å²) in [5, 5.41) is 12.7. The van der Waals surface area contributed by atoms with Gasteiger partial charge in [-0.3, -0.25) is 4.79 Å². The second-order valence-corrected chi connectivity index (χ2v) is 4.98. The zero-order valence-electron chi connectivity index (χ0n) is 11.8. The number of nitrogens with two attached hydrogens (primary N) is 1. The largest absolute Gasteiger partial charge is 0.480 e. The van der Waals surface area contributed by atoms with Crippen molar-refractivity contribution in [2.24, 2.45) is 5.73 Å². The lowest BCUT2D eigenvalue weighted by Gasteiger charge is -2.16. The van der Waals surface area contributed by atoms with E-state index < -0.39 is 24.0 Å². The molecule has 2 aromatic rings. The third-order valence-corrected chi connectivity index (χ3v) is 3.49. The molecule has 1 aromatic heterocycles. The van der Waals surface area contributed by atoms with Crippen LogP contribution in [-0.4, -0.2) is 34.1 Å². The number of fused-ring (bicyclic) bond motifs is 1. The van der Waals surface area contributed by atoms with Gasteiger partial charge in [0.1, 0.15) is 6.04 Å². The van der Waals surface area contributed by atoms with Crippen LogP contribution in [0.5, 0.6) is 0 Å². The van der Waals surface area contributed by atoms with Crippen molar-refractivity contribution < 1.29 is 14.7 Å². The lowest BCUT2D eigenvalue weighted by atomic mass is 10.0. The van der Waals surface area contributed by atoms with Crippen molar-refractivity contribution in [1.82, 2.24) is 10.3 Å². The van der Waals surface area contributed by atoms with E-state index in [1.54, 1.807) is 13.1 Å². The van der Waals surface area contributed by atoms with E-state index in [2.05, 4.69) is 10.3 Å². The molecule has 0 fully saturated rings. The molecule has 0 aliphatic rings. The van der Waals surface area contributed by atoms with Gasteiger partial charge < -0.3 is 21.1 Å². The van der Waals surface area contributed by atoms with Crippen LogP contribution in [0.2, 0.25) is 0 Å². The molecule has 0 aliphatic heterocycles. The first-order chi connectivity index (χ1) is 10.0. The molecular weight excluding hydrogens is 270 g/mol. The second kappa shape index (κ2) is 6.41. The summed E-state index contributed by atoms with van der Waals surface area (Å²) < 4.78 is 0. The van der Waals surface area contributed by atoms with Crippen LogP contribution in [0.25, 0.3) is 10.9 Å². The number of aromatic amines is 1. The van der Waals surface area contributed by atoms with Gasteiger partial charge in [-0.15, -0.1) is 0 Å². The van der Waals surface area contributed by atoms with Crippen molar-refractivity contribution >= 4 is 22.8 Å². The Hall–Kier alpha value is -2.34. The Balaban J connectivity index is 2.17. The Labute approximate surface area is 122 Å². The van der Waals surface area contributed by atoms with Crippen LogP contribution in [0.4, 0.5) is 0 Å². The van der Waals surface area contributed by atoms with Crippen LogP contribution in [0.1, 0.15) is 18.9 Å². The van der Waals surface area contributed by atoms with Gasteiger partial charge in [0.2, 0.25) is 5.91 Å². The highest BCUT2D eigenvalue weighted by atomic mass is 16.4. The van der Waals surface area contributed by atoms with Gasteiger partial charge in [0.15, 0.2) is 0 Å². The Morgan fingerprint density at radius 1 is 1.38 bits per heavy atom. The van der Waals surface area contributed by atoms with Crippen molar-refractivity contribution in [3.05, 3.63) is 36.0 Å². The zero-order valence-corrected chi connectivity index (χ0v) is 11.8. The van der Waals surface area contributed by atoms with E-state index in [4.69, 9.17) is 5.73 Å². The number of carboxylic acids is 1. The van der Waals surface area contributed by atoms with Gasteiger partial charge in [-0.1, -0.05) is 25.1 Å². The van der Waals surface area contributed by atoms with Gasteiger partial charge in [-0.05, 0) is 18.1 Å². The quantitative estimate of drug-likeness (QED) is 0.636. The van der Waals surface area contributed by atoms with Crippen LogP contribution in [0.3, 0.4) is 0 Å². The first-order valence-electron chi connectivity index (χ1n) is 6.86. The van der Waals surface area contributed by atoms with Gasteiger partial charge in [-0.2, -0.15) is 0 Å². The smallest absolute Gasteiger partial charge is 0.326 e. The molecule has 6 nitrogen and oxygen atoms in total. The Bertz CT molecular complexity index is 650. The number of rotatable bonds is 6. The number of nitrogens with one attached hydrogen (secondary N) is 2. The first-order valence-corrected chi connectivity index (χ1v) is 6.86. The van der Waals surface area contributed by atoms with E-state index in [-0.39, 0.29) is 6.42 Å². The zero-order chi connectivity index (χ0) is 15.4. The van der Waals surface area contributed by atoms with Crippen molar-refractivity contribution in [3.63, 3.8) is 0 Å². The molecule has 5 N–H and O–H groups in total. The molecule has 0 unspecified atom stereocenters. The summed E-state index contributed by atoms with van der Waals surface area (Å²) in [5.74, 6) is -1.51. The number of aliphatic carboxylic acids is 1. The SMILES string of the molecule is CC[C@@H](N)C(=O)N[C@@H](Cc1c[nH]c2ccccc12)C(=O)O. The van der Waals surface area contributed by atoms with Crippen molar-refractivity contribution in [2.45, 2.75) is 31.8 Å². The van der Waals surface area contributed by atoms with Crippen LogP contribution in [-0.2, 0) is 16.0 Å². The van der Waals surface area contributed by atoms with Crippen molar-refractivity contribution in [1.29, 1.82) is 0 Å². The van der Waals surface area contributed by atoms with E-state index in [9.17, 15) is 14.7 Å². The van der Waals surface area contributed by atoms with Crippen molar-refractivity contribution in [2.75, 3.05) is 0 Å². The maximum absolute atomic E-state index is 11.8. The molecule has 0 spiro atoms. The fraction of sp³-hybridized carbons (Fsp3) is 0.333. The van der Waals surface area contributed by atoms with Gasteiger partial charge >= 0.3 is 5.97 Å². The highest BCUT2D eigenvalue weighted by Crippen LogP contribution is 2.19. The molecule has 112 valence electrons. The maximum atomic E-state index is 11.8. The van der Waals surface area contributed by atoms with Gasteiger partial charge in [0.25, 0.3) is 0 Å². The number of benzene rings is 1. The number of para-hydroxylation sites is 1. The number of hydrogen-bond donors (Lipinski definition) is 4. The standard InChI is InChI=1S/C15H19N3O3/c1-2-11(16)14(19)18-13(15(20)21)7-9-8-17-12-6-4-3-5-10(9)12/h3-6,8,11,13,17H,2,7,16H2,1H3,(H,18,19)(H,20,21)/t11-,13+/m1/s1. The predicted octanol–water partition coefficient (Wildman–Crippen LogP) is 1.02. The number of amides is 1. The molecule has 0 saturated heterocycles. The second-order valence-electron chi connectivity index (χ2n) is 4.98. The van der Waals surface area contributed by atoms with Crippen LogP contribution in [0, 0.1) is 0 Å². The molecule has 21 heavy (non-hydrogen) atoms. The highest BCUT2D eigenvalue weighted by molar-refractivity contribution is 5.88. The number of carboxylic acid groups (broad SMARTS) is 1. The molecule has 2 atom stereocenters. The minimum Gasteiger partial charge on any atom is -0.480 e. The Morgan fingerprint density at radius 3 is 2.76 bits per heavy atom. The minimum atomic E-state index is -1.07. The summed E-state index contributed by atoms with van der Waals surface area (Å²) >= 11 is 0. The Kier molecular flexibility index (Phi) is 4.59. The highest BCUT2D eigenvalue weighted by Gasteiger charge is 2.23. The normalized spacial score (nSPS) is 13.8. The van der Waals surface area contributed by atoms with Gasteiger partial charge in [0, 0.05) is 23.5 Å². The third-order valence-electron chi connectivity index (χ3n) is 3.49. The summed E-state index contributed by atoms with van der Waals surface area (Å²) in [6.45, 7) is 1.78. The lowest BCUT2D eigenvalue weighted by molar-refractivity contribution is -0.142. The number of hydrogen-bond acceptors (Lipinski definition) is 3. The molecule has 1 heterocycles. The third kappa shape index (κ3) is 3.41. The summed E-state index contributed by atoms with van der Waals surface area (Å²) in [7, 11) is 0. The number of aromatic nitrogens is 1. The van der Waals surface area contributed by atoms with E-state index in [0.29, 0.717) is 6.42 Å². The molecule has 2 rings (SSSR count). The number of H-pyrrole nitrogens is 1. The van der Waals surface area contributed by atoms with Crippen LogP contribution >= 0.6 is 0 Å². The molecular formula is C15H19N3O3. The molecule has 0 aliphatic carbocycles. The van der Waals surface area contributed by atoms with E-state index in [1.165, 1.54) is 0 Å². The molecule has 6 heteroatoms. The average Bonchev–Trinajstić information content (AvgIpc) is 2.88. The summed E-state index contributed by atoms with van der Waals surface area (Å²) in [6.07, 6.45) is 2.44. The van der Waals surface area contributed by atoms with Crippen molar-refractivity contribution in [3.8, 4) is 0 Å². The first kappa shape index (κ1) is 15.1. The molecule has 1 aromatic carbocycles. The van der Waals surface area contributed by atoms with E-state index >= 15 is 0 Å². The van der Waals surface area contributed by atoms with Gasteiger partial charge in [0.05, 0.1) is 6.04 Å². The molecule has 0 saturated carbocycles. The molecule has 0 bridgehead atoms. The minimum absolute atomic E-state index is 0.210. The average molecular weight is 289 g/mol. The fourth-order valence-corrected chi connectivity index (χ4v) is 2.18. The lowest BCUT2D eigenvalue weighted by Crippen LogP contribution is -2.49. The Morgan fingerprint density at radius 2 is 2.10 bits per heavy atom. The van der Waals surface area contributed by atoms with Crippen LogP contribution in [0.15, 0.2) is 30.5 Å².